The van der Waals surface area contributed by atoms with Gasteiger partial charge in [0, 0.05) is 17.7 Å². The van der Waals surface area contributed by atoms with Gasteiger partial charge in [0.15, 0.2) is 5.79 Å². The highest BCUT2D eigenvalue weighted by Gasteiger charge is 2.54. The Morgan fingerprint density at radius 3 is 2.41 bits per heavy atom. The molecule has 4 rings (SSSR count). The fraction of sp³-hybridized carbons (Fsp3) is 0.727. The van der Waals surface area contributed by atoms with Crippen LogP contribution < -0.4 is 4.18 Å². The Labute approximate surface area is 196 Å². The molecule has 0 radical (unpaired) electrons. The molecule has 1 aliphatic heterocycles. The van der Waals surface area contributed by atoms with Crippen molar-refractivity contribution in [2.24, 2.45) is 5.92 Å². The molecule has 0 bridgehead atoms. The number of alkyl halides is 4. The van der Waals surface area contributed by atoms with Gasteiger partial charge in [-0.2, -0.15) is 21.6 Å². The standard InChI is InChI=1S/C20H24BrF3O5S.C2H6/c1-2-18-7-8-19(27-9-10-28-19)12-13(18)3-6-17(21)15-11-14(4-5-16(15)18)29-30(25,26)20(22,23)24;1-2/h4-5,11,13,17H,2-3,6-10,12H2,1H3;1-2H3. The van der Waals surface area contributed by atoms with Crippen LogP contribution in [0.1, 0.15) is 75.3 Å². The van der Waals surface area contributed by atoms with Crippen LogP contribution in [0.3, 0.4) is 0 Å². The summed E-state index contributed by atoms with van der Waals surface area (Å²) in [6.45, 7) is 7.31. The van der Waals surface area contributed by atoms with E-state index >= 15 is 0 Å². The second-order valence-corrected chi connectivity index (χ2v) is 10.9. The van der Waals surface area contributed by atoms with Crippen LogP contribution in [0.4, 0.5) is 13.2 Å². The lowest BCUT2D eigenvalue weighted by Gasteiger charge is -2.49. The van der Waals surface area contributed by atoms with Crippen molar-refractivity contribution in [2.75, 3.05) is 13.2 Å². The number of halogens is 4. The van der Waals surface area contributed by atoms with Gasteiger partial charge in [-0.15, -0.1) is 0 Å². The highest BCUT2D eigenvalue weighted by molar-refractivity contribution is 9.09. The van der Waals surface area contributed by atoms with E-state index in [1.54, 1.807) is 6.07 Å². The Morgan fingerprint density at radius 1 is 1.16 bits per heavy atom. The van der Waals surface area contributed by atoms with Gasteiger partial charge in [0.1, 0.15) is 5.75 Å². The zero-order chi connectivity index (χ0) is 23.8. The van der Waals surface area contributed by atoms with E-state index in [9.17, 15) is 21.6 Å². The zero-order valence-electron chi connectivity index (χ0n) is 18.5. The summed E-state index contributed by atoms with van der Waals surface area (Å²) in [5.74, 6) is -0.559. The summed E-state index contributed by atoms with van der Waals surface area (Å²) < 4.78 is 77.4. The van der Waals surface area contributed by atoms with Gasteiger partial charge in [-0.3, -0.25) is 0 Å². The zero-order valence-corrected chi connectivity index (χ0v) is 20.9. The third kappa shape index (κ3) is 4.57. The molecule has 1 aromatic rings. The molecule has 1 spiro atoms. The van der Waals surface area contributed by atoms with E-state index in [0.717, 1.165) is 49.7 Å². The molecule has 2 aliphatic carbocycles. The van der Waals surface area contributed by atoms with Gasteiger partial charge >= 0.3 is 15.6 Å². The summed E-state index contributed by atoms with van der Waals surface area (Å²) in [5, 5.41) is 0. The topological polar surface area (TPSA) is 61.8 Å². The largest absolute Gasteiger partial charge is 0.534 e. The molecule has 0 amide bonds. The van der Waals surface area contributed by atoms with Crippen molar-refractivity contribution in [3.63, 3.8) is 0 Å². The summed E-state index contributed by atoms with van der Waals surface area (Å²) in [7, 11) is -5.71. The lowest BCUT2D eigenvalue weighted by Crippen LogP contribution is -2.48. The maximum absolute atomic E-state index is 12.7. The smallest absolute Gasteiger partial charge is 0.376 e. The number of benzene rings is 1. The molecule has 2 fully saturated rings. The van der Waals surface area contributed by atoms with Gasteiger partial charge in [-0.1, -0.05) is 42.8 Å². The predicted molar refractivity (Wildman–Crippen MR) is 118 cm³/mol. The van der Waals surface area contributed by atoms with E-state index in [1.165, 1.54) is 12.1 Å². The highest BCUT2D eigenvalue weighted by Crippen LogP contribution is 2.57. The first-order valence-electron chi connectivity index (χ1n) is 11.1. The van der Waals surface area contributed by atoms with Crippen LogP contribution >= 0.6 is 15.9 Å². The number of rotatable bonds is 3. The van der Waals surface area contributed by atoms with Gasteiger partial charge < -0.3 is 13.7 Å². The van der Waals surface area contributed by atoms with Crippen molar-refractivity contribution in [1.82, 2.24) is 0 Å². The molecule has 182 valence electrons. The second-order valence-electron chi connectivity index (χ2n) is 8.30. The van der Waals surface area contributed by atoms with Crippen LogP contribution in [-0.4, -0.2) is 32.9 Å². The van der Waals surface area contributed by atoms with E-state index in [1.807, 2.05) is 13.8 Å². The molecule has 1 saturated heterocycles. The van der Waals surface area contributed by atoms with Crippen LogP contribution in [-0.2, 0) is 25.0 Å². The van der Waals surface area contributed by atoms with Crippen molar-refractivity contribution < 1.29 is 35.2 Å². The maximum Gasteiger partial charge on any atom is 0.534 e. The lowest BCUT2D eigenvalue weighted by atomic mass is 9.59. The van der Waals surface area contributed by atoms with E-state index in [0.29, 0.717) is 19.1 Å². The first-order chi connectivity index (χ1) is 15.0. The fourth-order valence-electron chi connectivity index (χ4n) is 5.42. The molecule has 5 nitrogen and oxygen atoms in total. The molecule has 1 aromatic carbocycles. The molecule has 32 heavy (non-hydrogen) atoms. The van der Waals surface area contributed by atoms with Crippen LogP contribution in [0.25, 0.3) is 0 Å². The number of ether oxygens (including phenoxy) is 2. The summed E-state index contributed by atoms with van der Waals surface area (Å²) >= 11 is 3.66. The molecular weight excluding hydrogens is 513 g/mol. The third-order valence-electron chi connectivity index (χ3n) is 6.89. The number of hydrogen-bond donors (Lipinski definition) is 0. The monoisotopic (exact) mass is 542 g/mol. The molecule has 3 unspecified atom stereocenters. The minimum Gasteiger partial charge on any atom is -0.376 e. The van der Waals surface area contributed by atoms with Crippen molar-refractivity contribution in [1.29, 1.82) is 0 Å². The molecule has 1 heterocycles. The molecule has 3 aliphatic rings. The Morgan fingerprint density at radius 2 is 1.81 bits per heavy atom. The normalized spacial score (nSPS) is 29.3. The van der Waals surface area contributed by atoms with Crippen molar-refractivity contribution in [3.8, 4) is 5.75 Å². The van der Waals surface area contributed by atoms with Crippen molar-refractivity contribution in [2.45, 2.75) is 80.8 Å². The van der Waals surface area contributed by atoms with Gasteiger partial charge in [-0.25, -0.2) is 0 Å². The van der Waals surface area contributed by atoms with E-state index in [2.05, 4.69) is 27.0 Å². The van der Waals surface area contributed by atoms with Gasteiger partial charge in [0.05, 0.1) is 13.2 Å². The van der Waals surface area contributed by atoms with E-state index in [-0.39, 0.29) is 16.0 Å². The quantitative estimate of drug-likeness (QED) is 0.252. The minimum absolute atomic E-state index is 0.111. The predicted octanol–water partition coefficient (Wildman–Crippen LogP) is 6.36. The van der Waals surface area contributed by atoms with Gasteiger partial charge in [-0.05, 0) is 60.3 Å². The Balaban J connectivity index is 0.00000141. The Bertz CT molecular complexity index is 915. The SMILES string of the molecule is CC.CCC12CCC3(CC1CCC(Br)c1cc(OS(=O)(=O)C(F)(F)F)ccc12)OCCO3. The van der Waals surface area contributed by atoms with Crippen molar-refractivity contribution in [3.05, 3.63) is 29.3 Å². The summed E-state index contributed by atoms with van der Waals surface area (Å²) in [6.07, 6.45) is 4.91. The minimum atomic E-state index is -5.71. The van der Waals surface area contributed by atoms with Crippen LogP contribution in [0.5, 0.6) is 5.75 Å². The Kier molecular flexibility index (Phi) is 7.59. The molecule has 10 heteroatoms. The Hall–Kier alpha value is -0.840. The number of fused-ring (bicyclic) bond motifs is 3. The average Bonchev–Trinajstić information content (AvgIpc) is 3.16. The van der Waals surface area contributed by atoms with Gasteiger partial charge in [0.25, 0.3) is 0 Å². The molecule has 3 atom stereocenters. The second kappa shape index (κ2) is 9.43. The summed E-state index contributed by atoms with van der Waals surface area (Å²) in [4.78, 5) is -0.111. The molecular formula is C22H30BrF3O5S. The first kappa shape index (κ1) is 25.8. The van der Waals surface area contributed by atoms with Crippen molar-refractivity contribution >= 4 is 26.0 Å². The lowest BCUT2D eigenvalue weighted by molar-refractivity contribution is -0.199. The fourth-order valence-corrected chi connectivity index (χ4v) is 6.52. The summed E-state index contributed by atoms with van der Waals surface area (Å²) in [6, 6.07) is 4.50. The van der Waals surface area contributed by atoms with Crippen LogP contribution in [0, 0.1) is 5.92 Å². The van der Waals surface area contributed by atoms with Gasteiger partial charge in [0.2, 0.25) is 0 Å². The maximum atomic E-state index is 12.7. The molecule has 0 aromatic heterocycles. The number of hydrogen-bond acceptors (Lipinski definition) is 5. The van der Waals surface area contributed by atoms with E-state index in [4.69, 9.17) is 9.47 Å². The third-order valence-corrected chi connectivity index (χ3v) is 8.82. The molecule has 1 saturated carbocycles. The van der Waals surface area contributed by atoms with Crippen LogP contribution in [0.2, 0.25) is 0 Å². The van der Waals surface area contributed by atoms with Crippen LogP contribution in [0.15, 0.2) is 18.2 Å². The average molecular weight is 543 g/mol. The van der Waals surface area contributed by atoms with E-state index < -0.39 is 21.4 Å². The first-order valence-corrected chi connectivity index (χ1v) is 13.4. The summed E-state index contributed by atoms with van der Waals surface area (Å²) in [5.41, 5.74) is -3.81. The highest BCUT2D eigenvalue weighted by atomic mass is 79.9. The molecule has 0 N–H and O–H groups in total.